The number of aliphatic carboxylic acids is 2. The van der Waals surface area contributed by atoms with Crippen LogP contribution in [0.2, 0.25) is 0 Å². The molecule has 0 bridgehead atoms. The first-order valence-corrected chi connectivity index (χ1v) is 7.44. The second-order valence-corrected chi connectivity index (χ2v) is 5.28. The molecule has 6 heteroatoms. The van der Waals surface area contributed by atoms with Gasteiger partial charge in [0, 0.05) is 5.41 Å². The number of carboxylic acid groups (broad SMARTS) is 2. The molecule has 0 radical (unpaired) electrons. The SMILES string of the molecule is CCCCCCC(CCCCCC)(C(=O)[O-])C(=O)[O-].[K+].[K+]. The summed E-state index contributed by atoms with van der Waals surface area (Å²) >= 11 is 0. The predicted molar refractivity (Wildman–Crippen MR) is 70.0 cm³/mol. The van der Waals surface area contributed by atoms with Crippen LogP contribution >= 0.6 is 0 Å². The Morgan fingerprint density at radius 1 is 0.714 bits per heavy atom. The molecule has 0 unspecified atom stereocenters. The molecule has 0 aliphatic heterocycles. The molecule has 0 aliphatic carbocycles. The summed E-state index contributed by atoms with van der Waals surface area (Å²) in [5.74, 6) is -2.97. The van der Waals surface area contributed by atoms with E-state index in [1.54, 1.807) is 0 Å². The van der Waals surface area contributed by atoms with Gasteiger partial charge < -0.3 is 19.8 Å². The quantitative estimate of drug-likeness (QED) is 0.202. The normalized spacial score (nSPS) is 10.4. The minimum Gasteiger partial charge on any atom is -0.549 e. The van der Waals surface area contributed by atoms with E-state index in [0.29, 0.717) is 12.8 Å². The molecule has 0 saturated heterocycles. The van der Waals surface area contributed by atoms with Gasteiger partial charge in [0.05, 0.1) is 11.9 Å². The van der Waals surface area contributed by atoms with Crippen LogP contribution in [0.25, 0.3) is 0 Å². The van der Waals surface area contributed by atoms with Crippen molar-refractivity contribution in [3.63, 3.8) is 0 Å². The van der Waals surface area contributed by atoms with Crippen LogP contribution < -0.4 is 113 Å². The topological polar surface area (TPSA) is 80.3 Å². The fourth-order valence-electron chi connectivity index (χ4n) is 2.32. The third-order valence-electron chi connectivity index (χ3n) is 3.70. The molecular formula is C15H26K2O4. The van der Waals surface area contributed by atoms with Gasteiger partial charge in [-0.25, -0.2) is 0 Å². The van der Waals surface area contributed by atoms with Crippen LogP contribution in [-0.2, 0) is 9.59 Å². The molecule has 0 aliphatic rings. The van der Waals surface area contributed by atoms with Gasteiger partial charge >= 0.3 is 103 Å². The predicted octanol–water partition coefficient (Wildman–Crippen LogP) is -4.58. The van der Waals surface area contributed by atoms with Crippen LogP contribution in [0.3, 0.4) is 0 Å². The van der Waals surface area contributed by atoms with Gasteiger partial charge in [-0.05, 0) is 12.8 Å². The van der Waals surface area contributed by atoms with Crippen molar-refractivity contribution in [2.24, 2.45) is 5.41 Å². The minimum absolute atomic E-state index is 0. The zero-order valence-electron chi connectivity index (χ0n) is 14.2. The van der Waals surface area contributed by atoms with Crippen LogP contribution in [0, 0.1) is 5.41 Å². The monoisotopic (exact) mass is 348 g/mol. The van der Waals surface area contributed by atoms with E-state index in [2.05, 4.69) is 13.8 Å². The molecule has 0 aromatic heterocycles. The Balaban J connectivity index is -0.00000162. The van der Waals surface area contributed by atoms with Crippen molar-refractivity contribution >= 4 is 11.9 Å². The van der Waals surface area contributed by atoms with Gasteiger partial charge in [0.1, 0.15) is 0 Å². The van der Waals surface area contributed by atoms with Crippen molar-refractivity contribution in [3.05, 3.63) is 0 Å². The molecule has 0 saturated carbocycles. The van der Waals surface area contributed by atoms with Crippen molar-refractivity contribution < 1.29 is 123 Å². The molecule has 4 nitrogen and oxygen atoms in total. The molecule has 0 spiro atoms. The van der Waals surface area contributed by atoms with Crippen molar-refractivity contribution in [2.75, 3.05) is 0 Å². The molecule has 0 atom stereocenters. The second kappa shape index (κ2) is 17.0. The van der Waals surface area contributed by atoms with E-state index in [4.69, 9.17) is 0 Å². The second-order valence-electron chi connectivity index (χ2n) is 5.28. The zero-order valence-corrected chi connectivity index (χ0v) is 20.5. The molecule has 0 aromatic rings. The summed E-state index contributed by atoms with van der Waals surface area (Å²) in [7, 11) is 0. The number of carbonyl (C=O) groups excluding carboxylic acids is 2. The molecule has 21 heavy (non-hydrogen) atoms. The molecular weight excluding hydrogens is 322 g/mol. The smallest absolute Gasteiger partial charge is 0.549 e. The van der Waals surface area contributed by atoms with E-state index >= 15 is 0 Å². The number of hydrogen-bond acceptors (Lipinski definition) is 4. The maximum absolute atomic E-state index is 11.3. The Morgan fingerprint density at radius 3 is 1.29 bits per heavy atom. The minimum atomic E-state index is -1.79. The van der Waals surface area contributed by atoms with Gasteiger partial charge in [-0.3, -0.25) is 0 Å². The fraction of sp³-hybridized carbons (Fsp3) is 0.867. The standard InChI is InChI=1S/C15H28O4.2K/c1-3-5-7-9-11-15(13(16)17,14(18)19)12-10-8-6-4-2;;/h3-12H2,1-2H3,(H,16,17)(H,18,19);;/q;2*+1/p-2. The summed E-state index contributed by atoms with van der Waals surface area (Å²) in [4.78, 5) is 22.5. The van der Waals surface area contributed by atoms with E-state index in [9.17, 15) is 19.8 Å². The fourth-order valence-corrected chi connectivity index (χ4v) is 2.32. The average molecular weight is 349 g/mol. The van der Waals surface area contributed by atoms with Gasteiger partial charge in [-0.1, -0.05) is 65.2 Å². The summed E-state index contributed by atoms with van der Waals surface area (Å²) in [6.07, 6.45) is 7.21. The van der Waals surface area contributed by atoms with Gasteiger partial charge in [0.25, 0.3) is 0 Å². The molecule has 112 valence electrons. The van der Waals surface area contributed by atoms with E-state index in [-0.39, 0.29) is 116 Å². The average Bonchev–Trinajstić information content (AvgIpc) is 2.36. The Kier molecular flexibility index (Phi) is 22.8. The molecule has 0 amide bonds. The van der Waals surface area contributed by atoms with Crippen molar-refractivity contribution in [1.82, 2.24) is 0 Å². The number of hydrogen-bond donors (Lipinski definition) is 0. The summed E-state index contributed by atoms with van der Waals surface area (Å²) in [5, 5.41) is 22.5. The first-order valence-electron chi connectivity index (χ1n) is 7.44. The Labute approximate surface area is 214 Å². The maximum Gasteiger partial charge on any atom is 1.00 e. The summed E-state index contributed by atoms with van der Waals surface area (Å²) in [6.45, 7) is 4.10. The van der Waals surface area contributed by atoms with Crippen LogP contribution in [0.1, 0.15) is 78.1 Å². The Hall–Kier alpha value is 2.21. The van der Waals surface area contributed by atoms with Gasteiger partial charge in [0.2, 0.25) is 0 Å². The molecule has 0 fully saturated rings. The Morgan fingerprint density at radius 2 is 1.05 bits per heavy atom. The van der Waals surface area contributed by atoms with Crippen LogP contribution in [0.5, 0.6) is 0 Å². The molecule has 0 rings (SSSR count). The molecule has 0 heterocycles. The van der Waals surface area contributed by atoms with Gasteiger partial charge in [0.15, 0.2) is 0 Å². The van der Waals surface area contributed by atoms with Crippen molar-refractivity contribution in [2.45, 2.75) is 78.1 Å². The molecule has 0 aromatic carbocycles. The van der Waals surface area contributed by atoms with Crippen molar-refractivity contribution in [3.8, 4) is 0 Å². The maximum atomic E-state index is 11.3. The van der Waals surface area contributed by atoms with Crippen LogP contribution in [-0.4, -0.2) is 11.9 Å². The largest absolute Gasteiger partial charge is 1.00 e. The Bertz CT molecular complexity index is 255. The van der Waals surface area contributed by atoms with Crippen LogP contribution in [0.4, 0.5) is 0 Å². The number of carbonyl (C=O) groups is 2. The number of unbranched alkanes of at least 4 members (excludes halogenated alkanes) is 6. The summed E-state index contributed by atoms with van der Waals surface area (Å²) in [5.41, 5.74) is -1.79. The summed E-state index contributed by atoms with van der Waals surface area (Å²) < 4.78 is 0. The third-order valence-corrected chi connectivity index (χ3v) is 3.70. The van der Waals surface area contributed by atoms with E-state index in [1.807, 2.05) is 0 Å². The van der Waals surface area contributed by atoms with E-state index < -0.39 is 17.4 Å². The van der Waals surface area contributed by atoms with E-state index in [1.165, 1.54) is 0 Å². The number of carboxylic acids is 2. The first kappa shape index (κ1) is 28.0. The summed E-state index contributed by atoms with van der Waals surface area (Å²) in [6, 6.07) is 0. The van der Waals surface area contributed by atoms with Crippen molar-refractivity contribution in [1.29, 1.82) is 0 Å². The molecule has 0 N–H and O–H groups in total. The number of rotatable bonds is 12. The van der Waals surface area contributed by atoms with Gasteiger partial charge in [-0.2, -0.15) is 0 Å². The van der Waals surface area contributed by atoms with E-state index in [0.717, 1.165) is 38.5 Å². The van der Waals surface area contributed by atoms with Gasteiger partial charge in [-0.15, -0.1) is 0 Å². The first-order chi connectivity index (χ1) is 9.01. The van der Waals surface area contributed by atoms with Crippen LogP contribution in [0.15, 0.2) is 0 Å². The third kappa shape index (κ3) is 11.4. The zero-order chi connectivity index (χ0) is 14.7.